The van der Waals surface area contributed by atoms with E-state index in [1.807, 2.05) is 31.2 Å². The predicted octanol–water partition coefficient (Wildman–Crippen LogP) is 2.84. The Balaban J connectivity index is 1.99. The smallest absolute Gasteiger partial charge is 0.251 e. The number of aryl methyl sites for hydroxylation is 1. The molecule has 0 bridgehead atoms. The molecule has 0 aliphatic carbocycles. The van der Waals surface area contributed by atoms with Gasteiger partial charge in [-0.25, -0.2) is 8.42 Å². The predicted molar refractivity (Wildman–Crippen MR) is 100 cm³/mol. The number of sulfonamides is 1. The van der Waals surface area contributed by atoms with Gasteiger partial charge in [-0.3, -0.25) is 4.79 Å². The van der Waals surface area contributed by atoms with Gasteiger partial charge in [0.25, 0.3) is 5.91 Å². The van der Waals surface area contributed by atoms with Crippen LogP contribution in [0.4, 0.5) is 0 Å². The fourth-order valence-electron chi connectivity index (χ4n) is 2.37. The number of carbonyl (C=O) groups is 1. The number of benzene rings is 2. The molecular formula is C18H21ClN2O3S. The third kappa shape index (κ3) is 5.85. The molecule has 5 nitrogen and oxygen atoms in total. The molecule has 0 aliphatic heterocycles. The Kier molecular flexibility index (Phi) is 6.58. The summed E-state index contributed by atoms with van der Waals surface area (Å²) in [5, 5.41) is 3.20. The van der Waals surface area contributed by atoms with E-state index >= 15 is 0 Å². The molecule has 2 aromatic carbocycles. The summed E-state index contributed by atoms with van der Waals surface area (Å²) < 4.78 is 25.4. The van der Waals surface area contributed by atoms with Gasteiger partial charge >= 0.3 is 0 Å². The van der Waals surface area contributed by atoms with Crippen LogP contribution in [0.25, 0.3) is 0 Å². The van der Waals surface area contributed by atoms with Crippen LogP contribution in [-0.2, 0) is 16.6 Å². The van der Waals surface area contributed by atoms with Crippen LogP contribution in [0.2, 0.25) is 5.02 Å². The third-order valence-electron chi connectivity index (χ3n) is 3.81. The second-order valence-electron chi connectivity index (χ2n) is 5.79. The van der Waals surface area contributed by atoms with E-state index in [0.717, 1.165) is 11.1 Å². The van der Waals surface area contributed by atoms with Crippen molar-refractivity contribution in [2.45, 2.75) is 13.5 Å². The monoisotopic (exact) mass is 380 g/mol. The van der Waals surface area contributed by atoms with Crippen LogP contribution in [0.5, 0.6) is 0 Å². The topological polar surface area (TPSA) is 66.5 Å². The number of amides is 1. The normalized spacial score (nSPS) is 11.5. The van der Waals surface area contributed by atoms with Gasteiger partial charge in [0.15, 0.2) is 0 Å². The number of carbonyl (C=O) groups excluding carboxylic acids is 1. The van der Waals surface area contributed by atoms with Crippen molar-refractivity contribution in [1.29, 1.82) is 0 Å². The van der Waals surface area contributed by atoms with Crippen molar-refractivity contribution in [2.24, 2.45) is 0 Å². The lowest BCUT2D eigenvalue weighted by molar-refractivity contribution is 0.0951. The van der Waals surface area contributed by atoms with E-state index in [1.54, 1.807) is 24.3 Å². The minimum atomic E-state index is -3.39. The highest BCUT2D eigenvalue weighted by Gasteiger charge is 2.18. The van der Waals surface area contributed by atoms with Crippen LogP contribution in [0.15, 0.2) is 48.5 Å². The molecule has 7 heteroatoms. The molecule has 0 saturated carbocycles. The molecule has 1 amide bonds. The van der Waals surface area contributed by atoms with Crippen molar-refractivity contribution in [1.82, 2.24) is 9.62 Å². The summed E-state index contributed by atoms with van der Waals surface area (Å²) in [7, 11) is -3.39. The molecule has 0 saturated heterocycles. The lowest BCUT2D eigenvalue weighted by atomic mass is 10.1. The summed E-state index contributed by atoms with van der Waals surface area (Å²) in [4.78, 5) is 12.1. The summed E-state index contributed by atoms with van der Waals surface area (Å²) in [5.41, 5.74) is 2.41. The van der Waals surface area contributed by atoms with Crippen LogP contribution in [0, 0.1) is 6.92 Å². The van der Waals surface area contributed by atoms with Gasteiger partial charge in [-0.2, -0.15) is 4.31 Å². The third-order valence-corrected chi connectivity index (χ3v) is 5.30. The van der Waals surface area contributed by atoms with Crippen molar-refractivity contribution in [2.75, 3.05) is 19.3 Å². The van der Waals surface area contributed by atoms with Crippen LogP contribution < -0.4 is 5.32 Å². The summed E-state index contributed by atoms with van der Waals surface area (Å²) in [6.45, 7) is 2.62. The van der Waals surface area contributed by atoms with Crippen LogP contribution >= 0.6 is 11.6 Å². The number of nitrogens with zero attached hydrogens (tertiary/aromatic N) is 1. The maximum absolute atomic E-state index is 12.1. The lowest BCUT2D eigenvalue weighted by Crippen LogP contribution is -2.37. The zero-order valence-electron chi connectivity index (χ0n) is 14.2. The Morgan fingerprint density at radius 3 is 2.52 bits per heavy atom. The zero-order chi connectivity index (χ0) is 18.4. The van der Waals surface area contributed by atoms with E-state index in [1.165, 1.54) is 10.6 Å². The van der Waals surface area contributed by atoms with Crippen molar-refractivity contribution < 1.29 is 13.2 Å². The van der Waals surface area contributed by atoms with Crippen LogP contribution in [-0.4, -0.2) is 38.0 Å². The maximum atomic E-state index is 12.1. The number of halogens is 1. The Labute approximate surface area is 153 Å². The second kappa shape index (κ2) is 8.47. The summed E-state index contributed by atoms with van der Waals surface area (Å²) in [5.74, 6) is -0.285. The summed E-state index contributed by atoms with van der Waals surface area (Å²) >= 11 is 5.87. The molecule has 25 heavy (non-hydrogen) atoms. The lowest BCUT2D eigenvalue weighted by Gasteiger charge is -2.21. The largest absolute Gasteiger partial charge is 0.351 e. The zero-order valence-corrected chi connectivity index (χ0v) is 15.8. The molecule has 0 aromatic heterocycles. The summed E-state index contributed by atoms with van der Waals surface area (Å²) in [6.07, 6.45) is 1.17. The van der Waals surface area contributed by atoms with E-state index in [2.05, 4.69) is 5.32 Å². The molecule has 0 radical (unpaired) electrons. The highest BCUT2D eigenvalue weighted by Crippen LogP contribution is 2.13. The molecule has 2 rings (SSSR count). The van der Waals surface area contributed by atoms with E-state index in [9.17, 15) is 13.2 Å². The molecule has 0 heterocycles. The van der Waals surface area contributed by atoms with E-state index < -0.39 is 10.0 Å². The number of hydrogen-bond acceptors (Lipinski definition) is 3. The van der Waals surface area contributed by atoms with E-state index in [4.69, 9.17) is 11.6 Å². The Bertz CT molecular complexity index is 853. The standard InChI is InChI=1S/C18H21ClN2O3S/c1-14-6-3-4-7-16(14)13-21(25(2,23)24)11-10-20-18(22)15-8-5-9-17(19)12-15/h3-9,12H,10-11,13H2,1-2H3,(H,20,22). The van der Waals surface area contributed by atoms with Gasteiger partial charge in [0.05, 0.1) is 6.26 Å². The van der Waals surface area contributed by atoms with Gasteiger partial charge < -0.3 is 5.32 Å². The first kappa shape index (κ1) is 19.4. The van der Waals surface area contributed by atoms with Gasteiger partial charge in [-0.15, -0.1) is 0 Å². The molecule has 0 fully saturated rings. The van der Waals surface area contributed by atoms with Crippen molar-refractivity contribution in [3.63, 3.8) is 0 Å². The first-order valence-corrected chi connectivity index (χ1v) is 10.0. The fraction of sp³-hybridized carbons (Fsp3) is 0.278. The quantitative estimate of drug-likeness (QED) is 0.803. The molecule has 0 atom stereocenters. The van der Waals surface area contributed by atoms with Gasteiger partial charge in [0, 0.05) is 30.2 Å². The molecule has 0 unspecified atom stereocenters. The Morgan fingerprint density at radius 2 is 1.88 bits per heavy atom. The number of nitrogens with one attached hydrogen (secondary N) is 1. The van der Waals surface area contributed by atoms with Gasteiger partial charge in [-0.05, 0) is 36.2 Å². The minimum absolute atomic E-state index is 0.194. The molecule has 134 valence electrons. The van der Waals surface area contributed by atoms with Gasteiger partial charge in [-0.1, -0.05) is 41.9 Å². The first-order chi connectivity index (χ1) is 11.8. The average molecular weight is 381 g/mol. The Morgan fingerprint density at radius 1 is 1.16 bits per heavy atom. The van der Waals surface area contributed by atoms with Crippen molar-refractivity contribution in [3.05, 3.63) is 70.2 Å². The van der Waals surface area contributed by atoms with Crippen molar-refractivity contribution >= 4 is 27.5 Å². The van der Waals surface area contributed by atoms with Crippen LogP contribution in [0.3, 0.4) is 0 Å². The molecule has 1 N–H and O–H groups in total. The minimum Gasteiger partial charge on any atom is -0.351 e. The molecule has 2 aromatic rings. The molecule has 0 aliphatic rings. The average Bonchev–Trinajstić information content (AvgIpc) is 2.54. The van der Waals surface area contributed by atoms with Gasteiger partial charge in [0.2, 0.25) is 10.0 Å². The van der Waals surface area contributed by atoms with Crippen LogP contribution in [0.1, 0.15) is 21.5 Å². The number of rotatable bonds is 7. The first-order valence-electron chi connectivity index (χ1n) is 7.81. The second-order valence-corrected chi connectivity index (χ2v) is 8.21. The highest BCUT2D eigenvalue weighted by atomic mass is 35.5. The molecular weight excluding hydrogens is 360 g/mol. The maximum Gasteiger partial charge on any atom is 0.251 e. The Hall–Kier alpha value is -1.89. The number of hydrogen-bond donors (Lipinski definition) is 1. The SMILES string of the molecule is Cc1ccccc1CN(CCNC(=O)c1cccc(Cl)c1)S(C)(=O)=O. The van der Waals surface area contributed by atoms with E-state index in [-0.39, 0.29) is 25.5 Å². The highest BCUT2D eigenvalue weighted by molar-refractivity contribution is 7.88. The summed E-state index contributed by atoms with van der Waals surface area (Å²) in [6, 6.07) is 14.2. The van der Waals surface area contributed by atoms with E-state index in [0.29, 0.717) is 10.6 Å². The molecule has 0 spiro atoms. The fourth-order valence-corrected chi connectivity index (χ4v) is 3.35. The van der Waals surface area contributed by atoms with Crippen molar-refractivity contribution in [3.8, 4) is 0 Å². The van der Waals surface area contributed by atoms with Gasteiger partial charge in [0.1, 0.15) is 0 Å².